The third kappa shape index (κ3) is 4.19. The zero-order valence-corrected chi connectivity index (χ0v) is 15.3. The molecule has 0 radical (unpaired) electrons. The van der Waals surface area contributed by atoms with Crippen LogP contribution in [0.2, 0.25) is 0 Å². The van der Waals surface area contributed by atoms with Crippen LogP contribution in [-0.4, -0.2) is 56.4 Å². The van der Waals surface area contributed by atoms with Crippen LogP contribution < -0.4 is 21.3 Å². The van der Waals surface area contributed by atoms with E-state index in [9.17, 15) is 4.21 Å². The molecule has 0 fully saturated rings. The fourth-order valence-electron chi connectivity index (χ4n) is 1.98. The largest absolute Gasteiger partial charge is 0.368 e. The fraction of sp³-hybridized carbons (Fsp3) is 0.571. The normalized spacial score (nSPS) is 12.0. The first kappa shape index (κ1) is 18.1. The first-order chi connectivity index (χ1) is 11.6. The van der Waals surface area contributed by atoms with Crippen LogP contribution in [0.1, 0.15) is 20.3 Å². The topological polar surface area (TPSA) is 117 Å². The highest BCUT2D eigenvalue weighted by molar-refractivity contribution is 7.85. The van der Waals surface area contributed by atoms with E-state index >= 15 is 0 Å². The molecule has 132 valence electrons. The number of rotatable bonds is 9. The third-order valence-corrected chi connectivity index (χ3v) is 4.37. The lowest BCUT2D eigenvalue weighted by Crippen LogP contribution is -2.14. The Morgan fingerprint density at radius 1 is 0.875 bits per heavy atom. The standard InChI is InChI=1S/C14H24N8OS/c1-5-7-17-11-9-10(20-13(15-3)21-11)12(18-8-24(23)6-2)22-14(16-4)19-9/h5-8H2,1-4H3,(H2,15,17,20,21)(H2,16,18,19,22). The average molecular weight is 352 g/mol. The van der Waals surface area contributed by atoms with E-state index in [1.807, 2.05) is 6.92 Å². The molecule has 4 N–H and O–H groups in total. The highest BCUT2D eigenvalue weighted by atomic mass is 32.2. The first-order valence-corrected chi connectivity index (χ1v) is 9.39. The summed E-state index contributed by atoms with van der Waals surface area (Å²) >= 11 is 0. The van der Waals surface area contributed by atoms with Gasteiger partial charge in [0, 0.05) is 37.2 Å². The highest BCUT2D eigenvalue weighted by Gasteiger charge is 2.15. The van der Waals surface area contributed by atoms with E-state index in [4.69, 9.17) is 0 Å². The van der Waals surface area contributed by atoms with E-state index in [-0.39, 0.29) is 0 Å². The second kappa shape index (κ2) is 8.57. The van der Waals surface area contributed by atoms with Gasteiger partial charge < -0.3 is 21.3 Å². The molecule has 0 spiro atoms. The van der Waals surface area contributed by atoms with Gasteiger partial charge >= 0.3 is 0 Å². The molecule has 2 aromatic rings. The van der Waals surface area contributed by atoms with Gasteiger partial charge in [-0.15, -0.1) is 0 Å². The fourth-order valence-corrected chi connectivity index (χ4v) is 2.48. The lowest BCUT2D eigenvalue weighted by atomic mass is 10.3. The quantitative estimate of drug-likeness (QED) is 0.532. The van der Waals surface area contributed by atoms with Gasteiger partial charge in [-0.05, 0) is 6.42 Å². The molecule has 2 rings (SSSR count). The summed E-state index contributed by atoms with van der Waals surface area (Å²) in [5, 5.41) is 12.3. The van der Waals surface area contributed by atoms with Crippen molar-refractivity contribution in [2.24, 2.45) is 0 Å². The van der Waals surface area contributed by atoms with Gasteiger partial charge in [-0.3, -0.25) is 4.21 Å². The second-order valence-corrected chi connectivity index (χ2v) is 6.71. The summed E-state index contributed by atoms with van der Waals surface area (Å²) in [6, 6.07) is 0. The summed E-state index contributed by atoms with van der Waals surface area (Å²) in [4.78, 5) is 17.8. The maximum atomic E-state index is 11.7. The monoisotopic (exact) mass is 352 g/mol. The van der Waals surface area contributed by atoms with Gasteiger partial charge in [0.05, 0.1) is 5.88 Å². The Kier molecular flexibility index (Phi) is 6.47. The molecule has 0 saturated heterocycles. The van der Waals surface area contributed by atoms with E-state index in [0.717, 1.165) is 13.0 Å². The Labute approximate surface area is 143 Å². The van der Waals surface area contributed by atoms with Gasteiger partial charge in [-0.1, -0.05) is 13.8 Å². The smallest absolute Gasteiger partial charge is 0.225 e. The maximum Gasteiger partial charge on any atom is 0.225 e. The number of nitrogens with one attached hydrogen (secondary N) is 4. The summed E-state index contributed by atoms with van der Waals surface area (Å²) < 4.78 is 11.7. The molecule has 1 unspecified atom stereocenters. The van der Waals surface area contributed by atoms with Crippen LogP contribution >= 0.6 is 0 Å². The molecule has 9 nitrogen and oxygen atoms in total. The van der Waals surface area contributed by atoms with Crippen molar-refractivity contribution in [3.8, 4) is 0 Å². The SMILES string of the molecule is CCCNc1nc(NC)nc2c(NCS(=O)CC)nc(NC)nc12. The molecule has 0 bridgehead atoms. The summed E-state index contributed by atoms with van der Waals surface area (Å²) in [7, 11) is 2.54. The van der Waals surface area contributed by atoms with Crippen molar-refractivity contribution in [1.82, 2.24) is 19.9 Å². The van der Waals surface area contributed by atoms with Crippen LogP contribution in [0.25, 0.3) is 11.0 Å². The lowest BCUT2D eigenvalue weighted by Gasteiger charge is -2.13. The van der Waals surface area contributed by atoms with Crippen LogP contribution in [0.3, 0.4) is 0 Å². The second-order valence-electron chi connectivity index (χ2n) is 4.97. The Hall–Kier alpha value is -2.23. The van der Waals surface area contributed by atoms with Gasteiger partial charge in [0.15, 0.2) is 11.6 Å². The van der Waals surface area contributed by atoms with Crippen LogP contribution in [0.4, 0.5) is 23.5 Å². The Morgan fingerprint density at radius 3 is 1.88 bits per heavy atom. The zero-order chi connectivity index (χ0) is 17.5. The summed E-state index contributed by atoms with van der Waals surface area (Å²) in [6.07, 6.45) is 0.963. The maximum absolute atomic E-state index is 11.7. The van der Waals surface area contributed by atoms with E-state index < -0.39 is 10.8 Å². The van der Waals surface area contributed by atoms with Gasteiger partial charge in [0.25, 0.3) is 0 Å². The summed E-state index contributed by atoms with van der Waals surface area (Å²) in [6.45, 7) is 4.73. The third-order valence-electron chi connectivity index (χ3n) is 3.26. The number of fused-ring (bicyclic) bond motifs is 1. The van der Waals surface area contributed by atoms with Crippen LogP contribution in [0, 0.1) is 0 Å². The van der Waals surface area contributed by atoms with Crippen molar-refractivity contribution in [1.29, 1.82) is 0 Å². The van der Waals surface area contributed by atoms with Crippen LogP contribution in [0.5, 0.6) is 0 Å². The summed E-state index contributed by atoms with van der Waals surface area (Å²) in [5.74, 6) is 2.99. The van der Waals surface area contributed by atoms with E-state index in [1.54, 1.807) is 14.1 Å². The van der Waals surface area contributed by atoms with Crippen LogP contribution in [-0.2, 0) is 10.8 Å². The minimum atomic E-state index is -0.963. The zero-order valence-electron chi connectivity index (χ0n) is 14.4. The van der Waals surface area contributed by atoms with Crippen molar-refractivity contribution >= 4 is 45.4 Å². The number of anilines is 4. The molecule has 10 heteroatoms. The van der Waals surface area contributed by atoms with Crippen molar-refractivity contribution in [3.05, 3.63) is 0 Å². The Balaban J connectivity index is 2.55. The van der Waals surface area contributed by atoms with Crippen LogP contribution in [0.15, 0.2) is 0 Å². The van der Waals surface area contributed by atoms with Crippen molar-refractivity contribution < 1.29 is 4.21 Å². The Bertz CT molecular complexity index is 723. The van der Waals surface area contributed by atoms with Crippen molar-refractivity contribution in [3.63, 3.8) is 0 Å². The Morgan fingerprint density at radius 2 is 1.42 bits per heavy atom. The van der Waals surface area contributed by atoms with E-state index in [0.29, 0.717) is 46.2 Å². The van der Waals surface area contributed by atoms with E-state index in [1.165, 1.54) is 0 Å². The molecule has 2 aromatic heterocycles. The molecule has 24 heavy (non-hydrogen) atoms. The average Bonchev–Trinajstić information content (AvgIpc) is 2.63. The predicted octanol–water partition coefficient (Wildman–Crippen LogP) is 1.46. The first-order valence-electron chi connectivity index (χ1n) is 7.90. The molecule has 2 heterocycles. The summed E-state index contributed by atoms with van der Waals surface area (Å²) in [5.41, 5.74) is 1.20. The van der Waals surface area contributed by atoms with Gasteiger partial charge in [0.2, 0.25) is 11.9 Å². The molecular formula is C14H24N8OS. The lowest BCUT2D eigenvalue weighted by molar-refractivity contribution is 0.685. The molecule has 0 aliphatic rings. The molecule has 0 aliphatic heterocycles. The molecular weight excluding hydrogens is 328 g/mol. The number of hydrogen-bond donors (Lipinski definition) is 4. The molecule has 0 saturated carbocycles. The highest BCUT2D eigenvalue weighted by Crippen LogP contribution is 2.26. The molecule has 0 aliphatic carbocycles. The number of nitrogens with zero attached hydrogens (tertiary/aromatic N) is 4. The molecule has 0 amide bonds. The van der Waals surface area contributed by atoms with Gasteiger partial charge in [-0.2, -0.15) is 9.97 Å². The number of aromatic nitrogens is 4. The van der Waals surface area contributed by atoms with Crippen molar-refractivity contribution in [2.45, 2.75) is 20.3 Å². The minimum Gasteiger partial charge on any atom is -0.368 e. The van der Waals surface area contributed by atoms with E-state index in [2.05, 4.69) is 48.1 Å². The predicted molar refractivity (Wildman–Crippen MR) is 100 cm³/mol. The minimum absolute atomic E-state index is 0.308. The molecule has 1 atom stereocenters. The van der Waals surface area contributed by atoms with Gasteiger partial charge in [0.1, 0.15) is 11.0 Å². The molecule has 0 aromatic carbocycles. The van der Waals surface area contributed by atoms with Crippen molar-refractivity contribution in [2.75, 3.05) is 53.5 Å². The van der Waals surface area contributed by atoms with Gasteiger partial charge in [-0.25, -0.2) is 9.97 Å². The number of hydrogen-bond acceptors (Lipinski definition) is 9.